The van der Waals surface area contributed by atoms with Crippen LogP contribution in [0.1, 0.15) is 0 Å². The Balaban J connectivity index is 2.79. The van der Waals surface area contributed by atoms with Crippen LogP contribution in [-0.2, 0) is 4.74 Å². The SMILES string of the molecule is NC1(N)C(O)O[C@H](CO)[C@H](O)[C@@H]1O. The molecule has 0 aromatic rings. The number of hydrogen-bond acceptors (Lipinski definition) is 7. The molecule has 7 heteroatoms. The quantitative estimate of drug-likeness (QED) is 0.234. The standard InChI is InChI=1S/C6H14N2O5/c7-6(8)4(11)3(10)2(1-9)13-5(6)12/h2-5,9-12H,1,7-8H2/t2-,3+,4+,5?/m1/s1. The molecular weight excluding hydrogens is 180 g/mol. The third-order valence-electron chi connectivity index (χ3n) is 2.13. The minimum atomic E-state index is -1.93. The van der Waals surface area contributed by atoms with Gasteiger partial charge in [-0.2, -0.15) is 0 Å². The van der Waals surface area contributed by atoms with Crippen LogP contribution in [0, 0.1) is 0 Å². The number of rotatable bonds is 1. The summed E-state index contributed by atoms with van der Waals surface area (Å²) in [5, 5.41) is 36.5. The average molecular weight is 194 g/mol. The molecular formula is C6H14N2O5. The Hall–Kier alpha value is -0.280. The summed E-state index contributed by atoms with van der Waals surface area (Å²) in [6.07, 6.45) is -5.66. The number of aliphatic hydroxyl groups excluding tert-OH is 4. The molecule has 0 saturated carbocycles. The van der Waals surface area contributed by atoms with Gasteiger partial charge in [0.2, 0.25) is 0 Å². The molecule has 7 nitrogen and oxygen atoms in total. The van der Waals surface area contributed by atoms with Gasteiger partial charge in [-0.1, -0.05) is 0 Å². The lowest BCUT2D eigenvalue weighted by molar-refractivity contribution is -0.276. The van der Waals surface area contributed by atoms with Crippen molar-refractivity contribution in [3.05, 3.63) is 0 Å². The lowest BCUT2D eigenvalue weighted by Crippen LogP contribution is -2.75. The molecule has 0 spiro atoms. The van der Waals surface area contributed by atoms with Gasteiger partial charge in [0.15, 0.2) is 6.29 Å². The van der Waals surface area contributed by atoms with Crippen molar-refractivity contribution in [1.82, 2.24) is 0 Å². The molecule has 8 N–H and O–H groups in total. The fourth-order valence-electron chi connectivity index (χ4n) is 1.16. The van der Waals surface area contributed by atoms with E-state index >= 15 is 0 Å². The second-order valence-corrected chi connectivity index (χ2v) is 3.14. The van der Waals surface area contributed by atoms with Crippen LogP contribution in [0.4, 0.5) is 0 Å². The van der Waals surface area contributed by atoms with Crippen LogP contribution in [0.2, 0.25) is 0 Å². The molecule has 4 atom stereocenters. The Labute approximate surface area is 74.5 Å². The zero-order valence-corrected chi connectivity index (χ0v) is 6.87. The summed E-state index contributed by atoms with van der Waals surface area (Å²) >= 11 is 0. The molecule has 0 amide bonds. The maximum absolute atomic E-state index is 9.33. The number of ether oxygens (including phenoxy) is 1. The van der Waals surface area contributed by atoms with Gasteiger partial charge >= 0.3 is 0 Å². The topological polar surface area (TPSA) is 142 Å². The predicted octanol–water partition coefficient (Wildman–Crippen LogP) is -3.97. The second-order valence-electron chi connectivity index (χ2n) is 3.14. The van der Waals surface area contributed by atoms with Crippen LogP contribution in [0.25, 0.3) is 0 Å². The second kappa shape index (κ2) is 3.46. The molecule has 1 unspecified atom stereocenters. The van der Waals surface area contributed by atoms with Crippen LogP contribution in [0.15, 0.2) is 0 Å². The van der Waals surface area contributed by atoms with E-state index in [2.05, 4.69) is 4.74 Å². The van der Waals surface area contributed by atoms with Crippen molar-refractivity contribution >= 4 is 0 Å². The Bertz CT molecular complexity index is 188. The van der Waals surface area contributed by atoms with Gasteiger partial charge in [0, 0.05) is 0 Å². The predicted molar refractivity (Wildman–Crippen MR) is 41.1 cm³/mol. The van der Waals surface area contributed by atoms with Crippen LogP contribution in [0.5, 0.6) is 0 Å². The van der Waals surface area contributed by atoms with Gasteiger partial charge in [-0.25, -0.2) is 0 Å². The van der Waals surface area contributed by atoms with Gasteiger partial charge in [0.1, 0.15) is 24.0 Å². The molecule has 1 aliphatic rings. The first-order valence-electron chi connectivity index (χ1n) is 3.79. The van der Waals surface area contributed by atoms with E-state index in [1.54, 1.807) is 0 Å². The molecule has 1 aliphatic heterocycles. The van der Waals surface area contributed by atoms with E-state index in [1.165, 1.54) is 0 Å². The third-order valence-corrected chi connectivity index (χ3v) is 2.13. The Morgan fingerprint density at radius 1 is 1.23 bits per heavy atom. The number of aliphatic hydroxyl groups is 4. The first-order chi connectivity index (χ1) is 5.91. The van der Waals surface area contributed by atoms with Crippen molar-refractivity contribution in [2.45, 2.75) is 30.3 Å². The molecule has 1 fully saturated rings. The van der Waals surface area contributed by atoms with Crippen molar-refractivity contribution < 1.29 is 25.2 Å². The molecule has 0 aromatic carbocycles. The van der Waals surface area contributed by atoms with E-state index in [1.807, 2.05) is 0 Å². The molecule has 1 rings (SSSR count). The molecule has 1 saturated heterocycles. The van der Waals surface area contributed by atoms with Crippen molar-refractivity contribution in [2.75, 3.05) is 6.61 Å². The molecule has 0 radical (unpaired) electrons. The summed E-state index contributed by atoms with van der Waals surface area (Å²) < 4.78 is 4.68. The van der Waals surface area contributed by atoms with Gasteiger partial charge in [-0.05, 0) is 0 Å². The van der Waals surface area contributed by atoms with Crippen molar-refractivity contribution in [1.29, 1.82) is 0 Å². The summed E-state index contributed by atoms with van der Waals surface area (Å²) in [4.78, 5) is 0. The Morgan fingerprint density at radius 2 is 1.77 bits per heavy atom. The highest BCUT2D eigenvalue weighted by molar-refractivity contribution is 4.99. The zero-order chi connectivity index (χ0) is 10.2. The maximum Gasteiger partial charge on any atom is 0.189 e. The Morgan fingerprint density at radius 3 is 2.23 bits per heavy atom. The summed E-state index contributed by atoms with van der Waals surface area (Å²) in [6, 6.07) is 0. The first-order valence-corrected chi connectivity index (χ1v) is 3.79. The van der Waals surface area contributed by atoms with E-state index in [0.717, 1.165) is 0 Å². The lowest BCUT2D eigenvalue weighted by atomic mass is 9.92. The van der Waals surface area contributed by atoms with Crippen LogP contribution in [-0.4, -0.2) is 57.3 Å². The van der Waals surface area contributed by atoms with E-state index in [-0.39, 0.29) is 0 Å². The average Bonchev–Trinajstić information content (AvgIpc) is 2.09. The number of hydrogen-bond donors (Lipinski definition) is 6. The summed E-state index contributed by atoms with van der Waals surface area (Å²) in [5.74, 6) is 0. The molecule has 13 heavy (non-hydrogen) atoms. The molecule has 0 aliphatic carbocycles. The third kappa shape index (κ3) is 1.67. The van der Waals surface area contributed by atoms with Crippen molar-refractivity contribution in [3.8, 4) is 0 Å². The van der Waals surface area contributed by atoms with Crippen molar-refractivity contribution in [3.63, 3.8) is 0 Å². The molecule has 0 bridgehead atoms. The maximum atomic E-state index is 9.33. The number of nitrogens with two attached hydrogens (primary N) is 2. The summed E-state index contributed by atoms with van der Waals surface area (Å²) in [7, 11) is 0. The molecule has 1 heterocycles. The zero-order valence-electron chi connectivity index (χ0n) is 6.87. The van der Waals surface area contributed by atoms with Gasteiger partial charge < -0.3 is 36.6 Å². The fourth-order valence-corrected chi connectivity index (χ4v) is 1.16. The van der Waals surface area contributed by atoms with Crippen molar-refractivity contribution in [2.24, 2.45) is 11.5 Å². The largest absolute Gasteiger partial charge is 0.394 e. The van der Waals surface area contributed by atoms with Crippen LogP contribution < -0.4 is 11.5 Å². The van der Waals surface area contributed by atoms with E-state index in [9.17, 15) is 15.3 Å². The highest BCUT2D eigenvalue weighted by Crippen LogP contribution is 2.22. The van der Waals surface area contributed by atoms with E-state index in [0.29, 0.717) is 0 Å². The summed E-state index contributed by atoms with van der Waals surface area (Å²) in [6.45, 7) is -0.536. The van der Waals surface area contributed by atoms with E-state index < -0.39 is 36.9 Å². The highest BCUT2D eigenvalue weighted by Gasteiger charge is 2.50. The van der Waals surface area contributed by atoms with Crippen LogP contribution >= 0.6 is 0 Å². The van der Waals surface area contributed by atoms with E-state index in [4.69, 9.17) is 16.6 Å². The summed E-state index contributed by atoms with van der Waals surface area (Å²) in [5.41, 5.74) is 8.64. The highest BCUT2D eigenvalue weighted by atomic mass is 16.6. The monoisotopic (exact) mass is 194 g/mol. The normalized spacial score (nSPS) is 44.8. The van der Waals surface area contributed by atoms with Gasteiger partial charge in [-0.3, -0.25) is 0 Å². The van der Waals surface area contributed by atoms with Crippen LogP contribution in [0.3, 0.4) is 0 Å². The first kappa shape index (κ1) is 10.8. The van der Waals surface area contributed by atoms with Gasteiger partial charge in [-0.15, -0.1) is 0 Å². The minimum Gasteiger partial charge on any atom is -0.394 e. The van der Waals surface area contributed by atoms with Gasteiger partial charge in [0.05, 0.1) is 6.61 Å². The smallest absolute Gasteiger partial charge is 0.189 e. The fraction of sp³-hybridized carbons (Fsp3) is 1.00. The molecule has 0 aromatic heterocycles. The minimum absolute atomic E-state index is 0.536. The Kier molecular flexibility index (Phi) is 2.88. The molecule has 78 valence electrons. The lowest BCUT2D eigenvalue weighted by Gasteiger charge is -2.44. The van der Waals surface area contributed by atoms with Gasteiger partial charge in [0.25, 0.3) is 0 Å².